The SMILES string of the molecule is CCCC[Si](CCCC)c1ccccc1. The molecule has 0 atom stereocenters. The Kier molecular flexibility index (Phi) is 6.41. The molecule has 0 spiro atoms. The molecule has 0 aliphatic heterocycles. The molecule has 0 fully saturated rings. The van der Waals surface area contributed by atoms with Crippen LogP contribution in [0, 0.1) is 0 Å². The molecule has 15 heavy (non-hydrogen) atoms. The van der Waals surface area contributed by atoms with Gasteiger partial charge in [0.25, 0.3) is 0 Å². The monoisotopic (exact) mass is 219 g/mol. The van der Waals surface area contributed by atoms with Crippen LogP contribution in [0.1, 0.15) is 39.5 Å². The van der Waals surface area contributed by atoms with Crippen molar-refractivity contribution >= 4 is 14.0 Å². The lowest BCUT2D eigenvalue weighted by molar-refractivity contribution is 0.845. The molecule has 1 aromatic rings. The Morgan fingerprint density at radius 1 is 0.867 bits per heavy atom. The molecule has 0 amide bonds. The van der Waals surface area contributed by atoms with Gasteiger partial charge in [0.15, 0.2) is 0 Å². The Morgan fingerprint density at radius 2 is 1.40 bits per heavy atom. The molecular formula is C14H23Si. The van der Waals surface area contributed by atoms with Crippen LogP contribution in [0.3, 0.4) is 0 Å². The molecule has 1 rings (SSSR count). The summed E-state index contributed by atoms with van der Waals surface area (Å²) < 4.78 is 0. The zero-order valence-electron chi connectivity index (χ0n) is 10.1. The summed E-state index contributed by atoms with van der Waals surface area (Å²) in [5.41, 5.74) is 0. The van der Waals surface area contributed by atoms with Crippen molar-refractivity contribution in [1.82, 2.24) is 0 Å². The molecule has 0 saturated heterocycles. The maximum absolute atomic E-state index is 2.33. The van der Waals surface area contributed by atoms with Crippen LogP contribution in [0.5, 0.6) is 0 Å². The first-order valence-corrected chi connectivity index (χ1v) is 8.20. The molecular weight excluding hydrogens is 196 g/mol. The number of unbranched alkanes of at least 4 members (excludes halogenated alkanes) is 2. The summed E-state index contributed by atoms with van der Waals surface area (Å²) in [6, 6.07) is 14.1. The smallest absolute Gasteiger partial charge is 0.0654 e. The molecule has 0 aliphatic rings. The standard InChI is InChI=1S/C14H23Si/c1-3-5-12-15(13-6-4-2)14-10-8-7-9-11-14/h7-11H,3-6,12-13H2,1-2H3. The summed E-state index contributed by atoms with van der Waals surface area (Å²) in [4.78, 5) is 0. The Hall–Kier alpha value is -0.563. The lowest BCUT2D eigenvalue weighted by atomic mass is 10.4. The highest BCUT2D eigenvalue weighted by molar-refractivity contribution is 6.73. The topological polar surface area (TPSA) is 0 Å². The van der Waals surface area contributed by atoms with E-state index < -0.39 is 0 Å². The zero-order chi connectivity index (χ0) is 10.9. The molecule has 0 bridgehead atoms. The molecule has 0 heterocycles. The number of hydrogen-bond donors (Lipinski definition) is 0. The van der Waals surface area contributed by atoms with E-state index in [4.69, 9.17) is 0 Å². The van der Waals surface area contributed by atoms with Gasteiger partial charge >= 0.3 is 0 Å². The van der Waals surface area contributed by atoms with Gasteiger partial charge in [0.2, 0.25) is 0 Å². The minimum Gasteiger partial charge on any atom is -0.0654 e. The first kappa shape index (κ1) is 12.5. The van der Waals surface area contributed by atoms with Crippen molar-refractivity contribution in [3.8, 4) is 0 Å². The number of rotatable bonds is 7. The quantitative estimate of drug-likeness (QED) is 0.608. The van der Waals surface area contributed by atoms with Gasteiger partial charge in [-0.3, -0.25) is 0 Å². The fraction of sp³-hybridized carbons (Fsp3) is 0.571. The predicted molar refractivity (Wildman–Crippen MR) is 71.3 cm³/mol. The van der Waals surface area contributed by atoms with Crippen molar-refractivity contribution in [3.05, 3.63) is 30.3 Å². The van der Waals surface area contributed by atoms with Crippen molar-refractivity contribution in [2.45, 2.75) is 51.6 Å². The minimum atomic E-state index is -0.247. The summed E-state index contributed by atoms with van der Waals surface area (Å²) in [6.07, 6.45) is 5.50. The van der Waals surface area contributed by atoms with Gasteiger partial charge in [-0.15, -0.1) is 0 Å². The molecule has 0 N–H and O–H groups in total. The van der Waals surface area contributed by atoms with Crippen molar-refractivity contribution in [2.24, 2.45) is 0 Å². The first-order chi connectivity index (χ1) is 7.38. The summed E-state index contributed by atoms with van der Waals surface area (Å²) in [5, 5.41) is 1.64. The predicted octanol–water partition coefficient (Wildman–Crippen LogP) is 3.99. The molecule has 0 aliphatic carbocycles. The fourth-order valence-electron chi connectivity index (χ4n) is 1.87. The maximum atomic E-state index is 2.33. The van der Waals surface area contributed by atoms with Crippen LogP contribution in [0.25, 0.3) is 0 Å². The van der Waals surface area contributed by atoms with Crippen molar-refractivity contribution in [2.75, 3.05) is 0 Å². The summed E-state index contributed by atoms with van der Waals surface area (Å²) in [5.74, 6) is 0. The second-order valence-corrected chi connectivity index (χ2v) is 6.96. The van der Waals surface area contributed by atoms with E-state index in [0.717, 1.165) is 0 Å². The highest BCUT2D eigenvalue weighted by atomic mass is 28.3. The van der Waals surface area contributed by atoms with Crippen molar-refractivity contribution in [1.29, 1.82) is 0 Å². The van der Waals surface area contributed by atoms with Crippen LogP contribution >= 0.6 is 0 Å². The van der Waals surface area contributed by atoms with Crippen LogP contribution in [-0.2, 0) is 0 Å². The summed E-state index contributed by atoms with van der Waals surface area (Å²) in [7, 11) is -0.247. The van der Waals surface area contributed by atoms with Crippen LogP contribution < -0.4 is 5.19 Å². The molecule has 1 heteroatoms. The highest BCUT2D eigenvalue weighted by Crippen LogP contribution is 2.10. The Labute approximate surface area is 96.3 Å². The lowest BCUT2D eigenvalue weighted by Gasteiger charge is -2.14. The van der Waals surface area contributed by atoms with Gasteiger partial charge in [-0.25, -0.2) is 0 Å². The second kappa shape index (κ2) is 7.69. The van der Waals surface area contributed by atoms with Crippen LogP contribution in [0.4, 0.5) is 0 Å². The molecule has 83 valence electrons. The van der Waals surface area contributed by atoms with E-state index in [1.807, 2.05) is 0 Å². The van der Waals surface area contributed by atoms with Gasteiger partial charge in [0.05, 0.1) is 8.80 Å². The van der Waals surface area contributed by atoms with Crippen LogP contribution in [0.15, 0.2) is 30.3 Å². The van der Waals surface area contributed by atoms with Crippen LogP contribution in [-0.4, -0.2) is 8.80 Å². The number of hydrogen-bond acceptors (Lipinski definition) is 0. The minimum absolute atomic E-state index is 0.247. The Balaban J connectivity index is 2.55. The highest BCUT2D eigenvalue weighted by Gasteiger charge is 2.11. The van der Waals surface area contributed by atoms with E-state index in [1.54, 1.807) is 5.19 Å². The average Bonchev–Trinajstić information content (AvgIpc) is 2.30. The van der Waals surface area contributed by atoms with E-state index >= 15 is 0 Å². The van der Waals surface area contributed by atoms with E-state index in [2.05, 4.69) is 44.2 Å². The largest absolute Gasteiger partial charge is 0.0856 e. The molecule has 1 radical (unpaired) electrons. The van der Waals surface area contributed by atoms with Gasteiger partial charge in [0, 0.05) is 0 Å². The van der Waals surface area contributed by atoms with E-state index in [-0.39, 0.29) is 8.80 Å². The third-order valence-electron chi connectivity index (χ3n) is 2.85. The Morgan fingerprint density at radius 3 is 1.87 bits per heavy atom. The molecule has 0 saturated carbocycles. The second-order valence-electron chi connectivity index (χ2n) is 4.18. The van der Waals surface area contributed by atoms with E-state index in [1.165, 1.54) is 37.8 Å². The van der Waals surface area contributed by atoms with Gasteiger partial charge in [-0.2, -0.15) is 0 Å². The van der Waals surface area contributed by atoms with Gasteiger partial charge < -0.3 is 0 Å². The molecule has 0 unspecified atom stereocenters. The average molecular weight is 219 g/mol. The molecule has 0 nitrogen and oxygen atoms in total. The Bertz CT molecular complexity index is 235. The first-order valence-electron chi connectivity index (χ1n) is 6.28. The number of benzene rings is 1. The third-order valence-corrected chi connectivity index (χ3v) is 5.91. The zero-order valence-corrected chi connectivity index (χ0v) is 11.1. The van der Waals surface area contributed by atoms with Gasteiger partial charge in [-0.05, 0) is 0 Å². The fourth-order valence-corrected chi connectivity index (χ4v) is 4.92. The van der Waals surface area contributed by atoms with Crippen molar-refractivity contribution < 1.29 is 0 Å². The summed E-state index contributed by atoms with van der Waals surface area (Å²) >= 11 is 0. The molecule has 1 aromatic carbocycles. The normalized spacial score (nSPS) is 10.9. The summed E-state index contributed by atoms with van der Waals surface area (Å²) in [6.45, 7) is 4.59. The van der Waals surface area contributed by atoms with Gasteiger partial charge in [-0.1, -0.05) is 87.1 Å². The third kappa shape index (κ3) is 4.65. The van der Waals surface area contributed by atoms with Crippen LogP contribution in [0.2, 0.25) is 12.1 Å². The maximum Gasteiger partial charge on any atom is 0.0856 e. The van der Waals surface area contributed by atoms with Crippen molar-refractivity contribution in [3.63, 3.8) is 0 Å². The van der Waals surface area contributed by atoms with E-state index in [0.29, 0.717) is 0 Å². The van der Waals surface area contributed by atoms with Gasteiger partial charge in [0.1, 0.15) is 0 Å². The lowest BCUT2D eigenvalue weighted by Crippen LogP contribution is -2.29. The molecule has 0 aromatic heterocycles. The van der Waals surface area contributed by atoms with E-state index in [9.17, 15) is 0 Å².